The van der Waals surface area contributed by atoms with Gasteiger partial charge in [-0.3, -0.25) is 0 Å². The molecule has 0 spiro atoms. The molecule has 0 saturated heterocycles. The zero-order valence-corrected chi connectivity index (χ0v) is 22.8. The van der Waals surface area contributed by atoms with Crippen LogP contribution in [-0.4, -0.2) is 20.1 Å². The number of thiol groups is 1. The van der Waals surface area contributed by atoms with Crippen LogP contribution < -0.4 is 0 Å². The van der Waals surface area contributed by atoms with Crippen molar-refractivity contribution in [2.75, 3.05) is 0 Å². The predicted molar refractivity (Wildman–Crippen MR) is 165 cm³/mol. The number of fused-ring (bicyclic) bond motifs is 1. The van der Waals surface area contributed by atoms with Crippen LogP contribution in [0.3, 0.4) is 0 Å². The minimum absolute atomic E-state index is 0. The maximum Gasteiger partial charge on any atom is 0.146 e. The van der Waals surface area contributed by atoms with Crippen molar-refractivity contribution in [3.8, 4) is 0 Å². The molecule has 1 aromatic heterocycles. The number of benzene rings is 1. The van der Waals surface area contributed by atoms with Crippen LogP contribution in [0.2, 0.25) is 0 Å². The topological polar surface area (TPSA) is 50.9 Å². The summed E-state index contributed by atoms with van der Waals surface area (Å²) in [6, 6.07) is 5.52. The minimum atomic E-state index is -0.218. The molecule has 1 heterocycles. The van der Waals surface area contributed by atoms with Crippen molar-refractivity contribution in [2.24, 2.45) is 10.8 Å². The maximum absolute atomic E-state index is 10.6. The van der Waals surface area contributed by atoms with Crippen LogP contribution >= 0.6 is 12.6 Å². The summed E-state index contributed by atoms with van der Waals surface area (Å²) in [6.07, 6.45) is 11.8. The van der Waals surface area contributed by atoms with Crippen LogP contribution in [-0.2, 0) is 0 Å². The lowest BCUT2D eigenvalue weighted by molar-refractivity contribution is 0.379. The van der Waals surface area contributed by atoms with Gasteiger partial charge >= 0.3 is 0 Å². The lowest BCUT2D eigenvalue weighted by Gasteiger charge is -2.22. The molecule has 1 aromatic carbocycles. The maximum atomic E-state index is 10.6. The largest absolute Gasteiger partial charge is 0.505 e. The first-order valence-corrected chi connectivity index (χ1v) is 11.9. The van der Waals surface area contributed by atoms with E-state index in [9.17, 15) is 5.11 Å². The fourth-order valence-corrected chi connectivity index (χ4v) is 3.14. The van der Waals surface area contributed by atoms with Gasteiger partial charge in [-0.15, -0.1) is 27.6 Å². The molecule has 0 aliphatic heterocycles. The van der Waals surface area contributed by atoms with Crippen LogP contribution in [0.25, 0.3) is 16.7 Å². The number of hydrogen-bond donors (Lipinski definition) is 2. The van der Waals surface area contributed by atoms with E-state index in [4.69, 9.17) is 0 Å². The van der Waals surface area contributed by atoms with Gasteiger partial charge < -0.3 is 5.11 Å². The van der Waals surface area contributed by atoms with E-state index in [2.05, 4.69) is 63.3 Å². The molecule has 5 heteroatoms. The van der Waals surface area contributed by atoms with Gasteiger partial charge in [-0.1, -0.05) is 112 Å². The normalized spacial score (nSPS) is 12.3. The zero-order valence-electron chi connectivity index (χ0n) is 21.9. The summed E-state index contributed by atoms with van der Waals surface area (Å²) < 4.78 is 0. The Balaban J connectivity index is 0. The quantitative estimate of drug-likeness (QED) is 0.221. The van der Waals surface area contributed by atoms with Crippen LogP contribution in [0.1, 0.15) is 76.2 Å². The number of rotatable bonds is 7. The molecular formula is C31H49N3OS. The van der Waals surface area contributed by atoms with Gasteiger partial charge in [0.05, 0.1) is 0 Å². The van der Waals surface area contributed by atoms with Gasteiger partial charge in [-0.2, -0.15) is 0 Å². The van der Waals surface area contributed by atoms with Crippen molar-refractivity contribution in [3.05, 3.63) is 85.2 Å². The average molecular weight is 512 g/mol. The Hall–Kier alpha value is -2.79. The minimum Gasteiger partial charge on any atom is -0.505 e. The monoisotopic (exact) mass is 511 g/mol. The van der Waals surface area contributed by atoms with E-state index >= 15 is 0 Å². The number of aliphatic hydroxyl groups is 1. The van der Waals surface area contributed by atoms with Gasteiger partial charge in [0.15, 0.2) is 0 Å². The van der Waals surface area contributed by atoms with Gasteiger partial charge in [0.25, 0.3) is 0 Å². The predicted octanol–water partition coefficient (Wildman–Crippen LogP) is 10.0. The third kappa shape index (κ3) is 11.8. The van der Waals surface area contributed by atoms with Crippen LogP contribution in [0.5, 0.6) is 0 Å². The zero-order chi connectivity index (χ0) is 26.1. The highest BCUT2D eigenvalue weighted by Gasteiger charge is 2.22. The molecule has 0 unspecified atom stereocenters. The number of allylic oxidation sites excluding steroid dienone is 8. The Morgan fingerprint density at radius 3 is 2.11 bits per heavy atom. The van der Waals surface area contributed by atoms with E-state index in [0.717, 1.165) is 22.4 Å². The second kappa shape index (κ2) is 15.4. The summed E-state index contributed by atoms with van der Waals surface area (Å²) in [5.74, 6) is 0.0944. The molecule has 36 heavy (non-hydrogen) atoms. The van der Waals surface area contributed by atoms with Crippen molar-refractivity contribution in [3.63, 3.8) is 0 Å². The average Bonchev–Trinajstić information content (AvgIpc) is 3.15. The van der Waals surface area contributed by atoms with Crippen molar-refractivity contribution in [1.82, 2.24) is 15.0 Å². The molecule has 2 aromatic rings. The molecular weight excluding hydrogens is 462 g/mol. The van der Waals surface area contributed by atoms with E-state index in [1.165, 1.54) is 16.8 Å². The van der Waals surface area contributed by atoms with Crippen molar-refractivity contribution < 1.29 is 5.11 Å². The first kappa shape index (κ1) is 35.4. The third-order valence-corrected chi connectivity index (χ3v) is 5.22. The van der Waals surface area contributed by atoms with Gasteiger partial charge in [0, 0.05) is 10.5 Å². The molecule has 200 valence electrons. The first-order chi connectivity index (χ1) is 15.7. The summed E-state index contributed by atoms with van der Waals surface area (Å²) in [7, 11) is 0. The fraction of sp³-hybridized carbons (Fsp3) is 0.419. The first-order valence-electron chi connectivity index (χ1n) is 11.5. The lowest BCUT2D eigenvalue weighted by atomic mass is 9.85. The van der Waals surface area contributed by atoms with E-state index < -0.39 is 0 Å². The SMILES string of the molecule is C.C.C=C(/C(O)=C(\C=C\C)C(C)(C)C)n1nc2ccc(S)cc2n1.C=C/C=C\C(=C)CCC(C)(C)C. The molecule has 4 nitrogen and oxygen atoms in total. The Morgan fingerprint density at radius 1 is 1.03 bits per heavy atom. The second-order valence-corrected chi connectivity index (χ2v) is 11.0. The molecule has 0 fully saturated rings. The van der Waals surface area contributed by atoms with E-state index in [0.29, 0.717) is 16.6 Å². The molecule has 0 amide bonds. The molecule has 1 N–H and O–H groups in total. The van der Waals surface area contributed by atoms with Gasteiger partial charge in [-0.25, -0.2) is 0 Å². The Labute approximate surface area is 226 Å². The highest BCUT2D eigenvalue weighted by molar-refractivity contribution is 7.80. The highest BCUT2D eigenvalue weighted by Crippen LogP contribution is 2.31. The molecule has 2 rings (SSSR count). The molecule has 0 aliphatic carbocycles. The molecule has 0 atom stereocenters. The number of nitrogens with zero attached hydrogens (tertiary/aromatic N) is 3. The lowest BCUT2D eigenvalue weighted by Crippen LogP contribution is -2.13. The smallest absolute Gasteiger partial charge is 0.146 e. The number of aromatic nitrogens is 3. The van der Waals surface area contributed by atoms with Crippen molar-refractivity contribution >= 4 is 29.4 Å². The van der Waals surface area contributed by atoms with Crippen LogP contribution in [0.15, 0.2) is 90.1 Å². The summed E-state index contributed by atoms with van der Waals surface area (Å²) in [5.41, 5.74) is 3.95. The molecule has 0 radical (unpaired) electrons. The highest BCUT2D eigenvalue weighted by atomic mass is 32.1. The Bertz CT molecular complexity index is 1100. The summed E-state index contributed by atoms with van der Waals surface area (Å²) in [5, 5.41) is 19.3. The fourth-order valence-electron chi connectivity index (χ4n) is 2.95. The van der Waals surface area contributed by atoms with Gasteiger partial charge in [0.1, 0.15) is 22.5 Å². The van der Waals surface area contributed by atoms with E-state index in [1.807, 2.05) is 70.2 Å². The summed E-state index contributed by atoms with van der Waals surface area (Å²) in [6.45, 7) is 26.3. The van der Waals surface area contributed by atoms with Gasteiger partial charge in [0.2, 0.25) is 0 Å². The molecule has 0 aliphatic rings. The van der Waals surface area contributed by atoms with E-state index in [1.54, 1.807) is 6.08 Å². The Kier molecular flexibility index (Phi) is 15.1. The number of aliphatic hydroxyl groups excluding tert-OH is 1. The molecule has 0 saturated carbocycles. The third-order valence-electron chi connectivity index (χ3n) is 4.94. The standard InChI is InChI=1S/C17H21N3OS.C12H20.2CH4/c1-6-7-13(17(3,4)5)16(21)11(2)20-18-14-9-8-12(22)10-15(14)19-20;1-6-7-8-11(2)9-10-12(3,4)5;;/h6-10,21-22H,2H2,1,3-5H3;6-8H,1-2,9-10H2,3-5H3;2*1H4/b7-6+,16-13-;8-7-;;. The van der Waals surface area contributed by atoms with Crippen molar-refractivity contribution in [2.45, 2.75) is 81.1 Å². The van der Waals surface area contributed by atoms with Crippen LogP contribution in [0.4, 0.5) is 0 Å². The summed E-state index contributed by atoms with van der Waals surface area (Å²) in [4.78, 5) is 2.18. The molecule has 0 bridgehead atoms. The number of hydrogen-bond acceptors (Lipinski definition) is 4. The van der Waals surface area contributed by atoms with Crippen LogP contribution in [0, 0.1) is 10.8 Å². The summed E-state index contributed by atoms with van der Waals surface area (Å²) >= 11 is 4.29. The van der Waals surface area contributed by atoms with E-state index in [-0.39, 0.29) is 26.0 Å². The second-order valence-electron chi connectivity index (χ2n) is 10.4. The Morgan fingerprint density at radius 2 is 1.61 bits per heavy atom. The van der Waals surface area contributed by atoms with Gasteiger partial charge in [-0.05, 0) is 48.8 Å². The van der Waals surface area contributed by atoms with Crippen molar-refractivity contribution in [1.29, 1.82) is 0 Å².